The normalized spacial score (nSPS) is 12.4. The zero-order chi connectivity index (χ0) is 26.9. The molecule has 3 N–H and O–H groups in total. The van der Waals surface area contributed by atoms with Crippen molar-refractivity contribution in [3.63, 3.8) is 0 Å². The van der Waals surface area contributed by atoms with E-state index in [4.69, 9.17) is 26.8 Å². The minimum absolute atomic E-state index is 0.0939. The van der Waals surface area contributed by atoms with Crippen LogP contribution in [0.25, 0.3) is 0 Å². The number of hydrogen-bond donors (Lipinski definition) is 2. The molecule has 4 aromatic rings. The SMILES string of the molecule is NC(=O)C(NC(=O)Cc1cccc(Cl)c1F)C(OCc1ccccc1)c1ccc(Oc2ccccc2)cc1. The molecule has 4 aromatic carbocycles. The van der Waals surface area contributed by atoms with Gasteiger partial charge in [-0.25, -0.2) is 4.39 Å². The lowest BCUT2D eigenvalue weighted by atomic mass is 10.0. The Morgan fingerprint density at radius 1 is 0.842 bits per heavy atom. The van der Waals surface area contributed by atoms with Gasteiger partial charge in [0, 0.05) is 0 Å². The molecule has 0 fully saturated rings. The molecule has 4 rings (SSSR count). The third kappa shape index (κ3) is 7.18. The second-order valence-corrected chi connectivity index (χ2v) is 8.95. The summed E-state index contributed by atoms with van der Waals surface area (Å²) in [6.45, 7) is 0.163. The number of carbonyl (C=O) groups excluding carboxylic acids is 2. The molecule has 0 radical (unpaired) electrons. The lowest BCUT2D eigenvalue weighted by Crippen LogP contribution is -2.49. The summed E-state index contributed by atoms with van der Waals surface area (Å²) < 4.78 is 26.3. The molecule has 0 bridgehead atoms. The summed E-state index contributed by atoms with van der Waals surface area (Å²) in [7, 11) is 0. The zero-order valence-corrected chi connectivity index (χ0v) is 21.1. The van der Waals surface area contributed by atoms with Crippen molar-refractivity contribution in [1.29, 1.82) is 0 Å². The number of amides is 2. The van der Waals surface area contributed by atoms with Gasteiger partial charge in [0.15, 0.2) is 0 Å². The first-order valence-corrected chi connectivity index (χ1v) is 12.3. The number of halogens is 2. The summed E-state index contributed by atoms with van der Waals surface area (Å²) in [5.74, 6) is -0.837. The highest BCUT2D eigenvalue weighted by Crippen LogP contribution is 2.28. The number of benzene rings is 4. The van der Waals surface area contributed by atoms with E-state index in [0.29, 0.717) is 17.1 Å². The van der Waals surface area contributed by atoms with Gasteiger partial charge in [-0.1, -0.05) is 84.4 Å². The van der Waals surface area contributed by atoms with Gasteiger partial charge in [-0.3, -0.25) is 9.59 Å². The number of ether oxygens (including phenoxy) is 2. The highest BCUT2D eigenvalue weighted by atomic mass is 35.5. The van der Waals surface area contributed by atoms with Gasteiger partial charge < -0.3 is 20.5 Å². The molecule has 0 aliphatic rings. The molecule has 0 heterocycles. The maximum absolute atomic E-state index is 14.3. The molecule has 8 heteroatoms. The predicted molar refractivity (Wildman–Crippen MR) is 143 cm³/mol. The Morgan fingerprint density at radius 2 is 1.47 bits per heavy atom. The fourth-order valence-electron chi connectivity index (χ4n) is 3.87. The van der Waals surface area contributed by atoms with E-state index in [9.17, 15) is 14.0 Å². The van der Waals surface area contributed by atoms with Gasteiger partial charge in [-0.15, -0.1) is 0 Å². The number of rotatable bonds is 11. The summed E-state index contributed by atoms with van der Waals surface area (Å²) >= 11 is 5.84. The first kappa shape index (κ1) is 26.9. The van der Waals surface area contributed by atoms with Crippen molar-refractivity contribution in [2.45, 2.75) is 25.2 Å². The lowest BCUT2D eigenvalue weighted by Gasteiger charge is -2.27. The smallest absolute Gasteiger partial charge is 0.243 e. The van der Waals surface area contributed by atoms with Crippen LogP contribution in [-0.2, 0) is 27.4 Å². The van der Waals surface area contributed by atoms with Crippen LogP contribution in [0.3, 0.4) is 0 Å². The van der Waals surface area contributed by atoms with E-state index in [1.807, 2.05) is 60.7 Å². The van der Waals surface area contributed by atoms with Crippen molar-refractivity contribution < 1.29 is 23.5 Å². The summed E-state index contributed by atoms with van der Waals surface area (Å²) in [6.07, 6.45) is -1.25. The molecular formula is C30H26ClFN2O4. The Bertz CT molecular complexity index is 1370. The summed E-state index contributed by atoms with van der Waals surface area (Å²) in [5.41, 5.74) is 7.29. The average Bonchev–Trinajstić information content (AvgIpc) is 2.92. The van der Waals surface area contributed by atoms with E-state index < -0.39 is 29.8 Å². The Hall–Kier alpha value is -4.20. The standard InChI is InChI=1S/C30H26ClFN2O4/c31-25-13-7-10-22(27(25)32)18-26(35)34-28(30(33)36)29(37-19-20-8-3-1-4-9-20)21-14-16-24(17-15-21)38-23-11-5-2-6-12-23/h1-17,28-29H,18-19H2,(H2,33,36)(H,34,35). The van der Waals surface area contributed by atoms with Crippen molar-refractivity contribution >= 4 is 23.4 Å². The van der Waals surface area contributed by atoms with E-state index in [1.165, 1.54) is 12.1 Å². The minimum Gasteiger partial charge on any atom is -0.457 e. The van der Waals surface area contributed by atoms with E-state index in [2.05, 4.69) is 5.32 Å². The lowest BCUT2D eigenvalue weighted by molar-refractivity contribution is -0.131. The maximum atomic E-state index is 14.3. The number of carbonyl (C=O) groups is 2. The van der Waals surface area contributed by atoms with E-state index in [0.717, 1.165) is 5.56 Å². The minimum atomic E-state index is -1.23. The Labute approximate surface area is 225 Å². The molecule has 0 aliphatic heterocycles. The van der Waals surface area contributed by atoms with Crippen molar-refractivity contribution in [2.75, 3.05) is 0 Å². The molecule has 6 nitrogen and oxygen atoms in total. The monoisotopic (exact) mass is 532 g/mol. The third-order valence-corrected chi connectivity index (χ3v) is 6.06. The predicted octanol–water partition coefficient (Wildman–Crippen LogP) is 5.74. The van der Waals surface area contributed by atoms with Gasteiger partial charge in [0.1, 0.15) is 29.5 Å². The Balaban J connectivity index is 1.56. The third-order valence-electron chi connectivity index (χ3n) is 5.77. The molecular weight excluding hydrogens is 507 g/mol. The van der Waals surface area contributed by atoms with Crippen LogP contribution < -0.4 is 15.8 Å². The number of hydrogen-bond acceptors (Lipinski definition) is 4. The van der Waals surface area contributed by atoms with Crippen LogP contribution in [0.5, 0.6) is 11.5 Å². The zero-order valence-electron chi connectivity index (χ0n) is 20.4. The van der Waals surface area contributed by atoms with Crippen LogP contribution >= 0.6 is 11.6 Å². The van der Waals surface area contributed by atoms with Crippen molar-refractivity contribution in [2.24, 2.45) is 5.73 Å². The summed E-state index contributed by atoms with van der Waals surface area (Å²) in [6, 6.07) is 28.8. The Morgan fingerprint density at radius 3 is 2.13 bits per heavy atom. The van der Waals surface area contributed by atoms with Crippen molar-refractivity contribution in [1.82, 2.24) is 5.32 Å². The van der Waals surface area contributed by atoms with Gasteiger partial charge in [-0.2, -0.15) is 0 Å². The molecule has 0 saturated heterocycles. The second kappa shape index (κ2) is 12.9. The molecule has 2 unspecified atom stereocenters. The number of primary amides is 1. The van der Waals surface area contributed by atoms with Gasteiger partial charge in [0.05, 0.1) is 18.1 Å². The number of nitrogens with one attached hydrogen (secondary N) is 1. The van der Waals surface area contributed by atoms with Crippen LogP contribution in [0, 0.1) is 5.82 Å². The van der Waals surface area contributed by atoms with Gasteiger partial charge >= 0.3 is 0 Å². The van der Waals surface area contributed by atoms with Crippen LogP contribution in [0.15, 0.2) is 103 Å². The highest BCUT2D eigenvalue weighted by Gasteiger charge is 2.31. The summed E-state index contributed by atoms with van der Waals surface area (Å²) in [5, 5.41) is 2.53. The largest absolute Gasteiger partial charge is 0.457 e. The topological polar surface area (TPSA) is 90.7 Å². The average molecular weight is 533 g/mol. The van der Waals surface area contributed by atoms with Crippen LogP contribution in [0.2, 0.25) is 5.02 Å². The van der Waals surface area contributed by atoms with Crippen molar-refractivity contribution in [3.05, 3.63) is 131 Å². The first-order valence-electron chi connectivity index (χ1n) is 11.9. The second-order valence-electron chi connectivity index (χ2n) is 8.54. The molecule has 2 amide bonds. The van der Waals surface area contributed by atoms with E-state index >= 15 is 0 Å². The molecule has 0 saturated carbocycles. The van der Waals surface area contributed by atoms with Gasteiger partial charge in [0.2, 0.25) is 11.8 Å². The molecule has 0 spiro atoms. The fourth-order valence-corrected chi connectivity index (χ4v) is 4.07. The number of para-hydroxylation sites is 1. The van der Waals surface area contributed by atoms with E-state index in [-0.39, 0.29) is 23.6 Å². The molecule has 38 heavy (non-hydrogen) atoms. The molecule has 0 aromatic heterocycles. The molecule has 194 valence electrons. The fraction of sp³-hybridized carbons (Fsp3) is 0.133. The number of nitrogens with two attached hydrogens (primary N) is 1. The van der Waals surface area contributed by atoms with Gasteiger partial charge in [0.25, 0.3) is 0 Å². The van der Waals surface area contributed by atoms with Crippen LogP contribution in [0.4, 0.5) is 4.39 Å². The highest BCUT2D eigenvalue weighted by molar-refractivity contribution is 6.30. The van der Waals surface area contributed by atoms with E-state index in [1.54, 1.807) is 30.3 Å². The van der Waals surface area contributed by atoms with Crippen molar-refractivity contribution in [3.8, 4) is 11.5 Å². The maximum Gasteiger partial charge on any atom is 0.243 e. The summed E-state index contributed by atoms with van der Waals surface area (Å²) in [4.78, 5) is 25.4. The first-order chi connectivity index (χ1) is 18.4. The van der Waals surface area contributed by atoms with Crippen LogP contribution in [0.1, 0.15) is 22.8 Å². The molecule has 2 atom stereocenters. The Kier molecular flexibility index (Phi) is 9.08. The van der Waals surface area contributed by atoms with Gasteiger partial charge in [-0.05, 0) is 47.0 Å². The van der Waals surface area contributed by atoms with Crippen LogP contribution in [-0.4, -0.2) is 17.9 Å². The molecule has 0 aliphatic carbocycles. The quantitative estimate of drug-likeness (QED) is 0.258.